The summed E-state index contributed by atoms with van der Waals surface area (Å²) in [6.45, 7) is 3.78. The molecule has 1 heterocycles. The van der Waals surface area contributed by atoms with Crippen LogP contribution in [0.15, 0.2) is 24.3 Å². The maximum absolute atomic E-state index is 13.6. The molecule has 0 aromatic heterocycles. The molecule has 134 valence electrons. The first kappa shape index (κ1) is 18.4. The van der Waals surface area contributed by atoms with Crippen molar-refractivity contribution in [3.8, 4) is 0 Å². The van der Waals surface area contributed by atoms with Gasteiger partial charge in [-0.1, -0.05) is 12.1 Å². The van der Waals surface area contributed by atoms with Gasteiger partial charge in [-0.3, -0.25) is 4.90 Å². The molecule has 1 atom stereocenters. The summed E-state index contributed by atoms with van der Waals surface area (Å²) in [6, 6.07) is 2.46. The number of nitrogens with zero attached hydrogens (tertiary/aromatic N) is 1. The lowest BCUT2D eigenvalue weighted by molar-refractivity contribution is -0.251. The van der Waals surface area contributed by atoms with Gasteiger partial charge in [0.25, 0.3) is 5.60 Å². The van der Waals surface area contributed by atoms with E-state index < -0.39 is 47.3 Å². The maximum atomic E-state index is 13.6. The van der Waals surface area contributed by atoms with Crippen molar-refractivity contribution in [3.63, 3.8) is 0 Å². The van der Waals surface area contributed by atoms with Crippen LogP contribution in [0.5, 0.6) is 0 Å². The zero-order chi connectivity index (χ0) is 18.6. The second-order valence-electron chi connectivity index (χ2n) is 6.52. The van der Waals surface area contributed by atoms with Gasteiger partial charge >= 0.3 is 18.4 Å². The smallest absolute Gasteiger partial charge is 0.426 e. The molecule has 9 heteroatoms. The summed E-state index contributed by atoms with van der Waals surface area (Å²) in [5.41, 5.74) is -5.57. The molecule has 3 nitrogen and oxygen atoms in total. The summed E-state index contributed by atoms with van der Waals surface area (Å²) >= 11 is 0. The van der Waals surface area contributed by atoms with E-state index in [4.69, 9.17) is 0 Å². The minimum Gasteiger partial charge on any atom is -0.426 e. The van der Waals surface area contributed by atoms with Crippen LogP contribution in [0.3, 0.4) is 0 Å². The van der Waals surface area contributed by atoms with Crippen LogP contribution in [0.2, 0.25) is 0 Å². The highest BCUT2D eigenvalue weighted by Crippen LogP contribution is 2.48. The predicted molar refractivity (Wildman–Crippen MR) is 72.1 cm³/mol. The average Bonchev–Trinajstić information content (AvgIpc) is 2.76. The van der Waals surface area contributed by atoms with Gasteiger partial charge in [-0.25, -0.2) is 4.79 Å². The Morgan fingerprint density at radius 1 is 1.00 bits per heavy atom. The summed E-state index contributed by atoms with van der Waals surface area (Å²) in [5.74, 6) is 0. The Hall–Kier alpha value is -1.93. The minimum atomic E-state index is -4.98. The number of amides is 1. The van der Waals surface area contributed by atoms with Crippen LogP contribution in [0.4, 0.5) is 31.1 Å². The SMILES string of the molecule is CC(C)(C)N1CC(c2ccc(C(F)(F)F)cc2)(C(F)(F)F)OC1=O. The molecule has 0 saturated carbocycles. The molecule has 1 aliphatic heterocycles. The number of cyclic esters (lactones) is 1. The number of carbonyl (C=O) groups is 1. The van der Waals surface area contributed by atoms with E-state index in [0.29, 0.717) is 24.3 Å². The first-order chi connectivity index (χ1) is 10.7. The summed E-state index contributed by atoms with van der Waals surface area (Å²) in [4.78, 5) is 12.8. The molecule has 1 aromatic carbocycles. The maximum Gasteiger partial charge on any atom is 0.434 e. The van der Waals surface area contributed by atoms with Crippen molar-refractivity contribution in [1.82, 2.24) is 4.90 Å². The lowest BCUT2D eigenvalue weighted by Crippen LogP contribution is -2.48. The lowest BCUT2D eigenvalue weighted by Gasteiger charge is -2.33. The molecule has 1 saturated heterocycles. The van der Waals surface area contributed by atoms with Gasteiger partial charge in [0.05, 0.1) is 12.1 Å². The number of halogens is 6. The van der Waals surface area contributed by atoms with Crippen LogP contribution >= 0.6 is 0 Å². The average molecular weight is 355 g/mol. The zero-order valence-electron chi connectivity index (χ0n) is 13.0. The topological polar surface area (TPSA) is 29.5 Å². The molecule has 0 bridgehead atoms. The Labute approximate surface area is 134 Å². The molecule has 1 unspecified atom stereocenters. The van der Waals surface area contributed by atoms with Crippen LogP contribution in [0.25, 0.3) is 0 Å². The first-order valence-corrected chi connectivity index (χ1v) is 6.93. The third-order valence-corrected chi connectivity index (χ3v) is 3.81. The Bertz CT molecular complexity index is 629. The number of hydrogen-bond donors (Lipinski definition) is 0. The quantitative estimate of drug-likeness (QED) is 0.683. The highest BCUT2D eigenvalue weighted by molar-refractivity contribution is 5.72. The van der Waals surface area contributed by atoms with Crippen LogP contribution < -0.4 is 0 Å². The number of carbonyl (C=O) groups excluding carboxylic acids is 1. The summed E-state index contributed by atoms with van der Waals surface area (Å²) in [5, 5.41) is 0. The molecule has 1 fully saturated rings. The van der Waals surface area contributed by atoms with Gasteiger partial charge < -0.3 is 4.74 Å². The normalized spacial score (nSPS) is 22.7. The third kappa shape index (κ3) is 3.03. The van der Waals surface area contributed by atoms with Crippen molar-refractivity contribution in [3.05, 3.63) is 35.4 Å². The van der Waals surface area contributed by atoms with Crippen molar-refractivity contribution < 1.29 is 35.9 Å². The Balaban J connectivity index is 2.50. The molecule has 1 amide bonds. The van der Waals surface area contributed by atoms with Gasteiger partial charge in [0.1, 0.15) is 0 Å². The van der Waals surface area contributed by atoms with Crippen molar-refractivity contribution in [1.29, 1.82) is 0 Å². The van der Waals surface area contributed by atoms with E-state index >= 15 is 0 Å². The van der Waals surface area contributed by atoms with E-state index in [-0.39, 0.29) is 0 Å². The number of hydrogen-bond acceptors (Lipinski definition) is 2. The van der Waals surface area contributed by atoms with E-state index in [1.54, 1.807) is 0 Å². The van der Waals surface area contributed by atoms with Gasteiger partial charge in [-0.05, 0) is 32.9 Å². The molecule has 0 spiro atoms. The molecule has 2 rings (SSSR count). The second-order valence-corrected chi connectivity index (χ2v) is 6.52. The monoisotopic (exact) mass is 355 g/mol. The van der Waals surface area contributed by atoms with E-state index in [0.717, 1.165) is 4.90 Å². The van der Waals surface area contributed by atoms with Crippen molar-refractivity contribution >= 4 is 6.09 Å². The van der Waals surface area contributed by atoms with Gasteiger partial charge in [-0.2, -0.15) is 26.3 Å². The van der Waals surface area contributed by atoms with Crippen molar-refractivity contribution in [2.45, 2.75) is 44.3 Å². The van der Waals surface area contributed by atoms with E-state index in [9.17, 15) is 31.1 Å². The molecule has 0 N–H and O–H groups in total. The zero-order valence-corrected chi connectivity index (χ0v) is 13.0. The fraction of sp³-hybridized carbons (Fsp3) is 0.533. The molecular formula is C15H15F6NO2. The highest BCUT2D eigenvalue weighted by atomic mass is 19.4. The Morgan fingerprint density at radius 2 is 1.50 bits per heavy atom. The van der Waals surface area contributed by atoms with Crippen LogP contribution in [0.1, 0.15) is 31.9 Å². The molecule has 24 heavy (non-hydrogen) atoms. The van der Waals surface area contributed by atoms with Crippen molar-refractivity contribution in [2.75, 3.05) is 6.54 Å². The second kappa shape index (κ2) is 5.29. The third-order valence-electron chi connectivity index (χ3n) is 3.81. The fourth-order valence-electron chi connectivity index (χ4n) is 2.42. The first-order valence-electron chi connectivity index (χ1n) is 6.93. The molecule has 0 aliphatic carbocycles. The summed E-state index contributed by atoms with van der Waals surface area (Å²) < 4.78 is 83.4. The highest BCUT2D eigenvalue weighted by Gasteiger charge is 2.65. The fourth-order valence-corrected chi connectivity index (χ4v) is 2.42. The van der Waals surface area contributed by atoms with Crippen LogP contribution in [-0.2, 0) is 16.5 Å². The van der Waals surface area contributed by atoms with Gasteiger partial charge in [0.15, 0.2) is 0 Å². The van der Waals surface area contributed by atoms with Gasteiger partial charge in [0.2, 0.25) is 0 Å². The molecule has 1 aromatic rings. The van der Waals surface area contributed by atoms with Crippen LogP contribution in [0, 0.1) is 0 Å². The molecule has 0 radical (unpaired) electrons. The molecular weight excluding hydrogens is 340 g/mol. The van der Waals surface area contributed by atoms with E-state index in [1.807, 2.05) is 0 Å². The Kier molecular flexibility index (Phi) is 4.05. The van der Waals surface area contributed by atoms with E-state index in [2.05, 4.69) is 4.74 Å². The van der Waals surface area contributed by atoms with E-state index in [1.165, 1.54) is 20.8 Å². The van der Waals surface area contributed by atoms with Gasteiger partial charge in [-0.15, -0.1) is 0 Å². The number of benzene rings is 1. The standard InChI is InChI=1S/C15H15F6NO2/c1-12(2,3)22-8-13(15(19,20)21,24-11(22)23)9-4-6-10(7-5-9)14(16,17)18/h4-7H,8H2,1-3H3. The van der Waals surface area contributed by atoms with Crippen LogP contribution in [-0.4, -0.2) is 29.3 Å². The minimum absolute atomic E-state index is 0.538. The largest absolute Gasteiger partial charge is 0.434 e. The number of alkyl halides is 6. The lowest BCUT2D eigenvalue weighted by atomic mass is 9.91. The predicted octanol–water partition coefficient (Wildman–Crippen LogP) is 4.71. The van der Waals surface area contributed by atoms with Crippen molar-refractivity contribution in [2.24, 2.45) is 0 Å². The number of ether oxygens (including phenoxy) is 1. The Morgan fingerprint density at radius 3 is 1.83 bits per heavy atom. The summed E-state index contributed by atoms with van der Waals surface area (Å²) in [6.07, 6.45) is -10.8. The molecule has 1 aliphatic rings. The van der Waals surface area contributed by atoms with Gasteiger partial charge in [0, 0.05) is 11.1 Å². The number of rotatable bonds is 1. The summed E-state index contributed by atoms with van der Waals surface area (Å²) in [7, 11) is 0.